The second-order valence-corrected chi connectivity index (χ2v) is 5.78. The first-order valence-electron chi connectivity index (χ1n) is 5.41. The summed E-state index contributed by atoms with van der Waals surface area (Å²) in [4.78, 5) is 13.8. The molecule has 15 heavy (non-hydrogen) atoms. The van der Waals surface area contributed by atoms with Crippen molar-refractivity contribution >= 4 is 17.5 Å². The summed E-state index contributed by atoms with van der Waals surface area (Å²) in [5.74, 6) is 0.538. The molecule has 0 aromatic carbocycles. The molecule has 1 aliphatic heterocycles. The maximum atomic E-state index is 13.1. The molecule has 0 bridgehead atoms. The van der Waals surface area contributed by atoms with Crippen LogP contribution in [0.1, 0.15) is 26.7 Å². The summed E-state index contributed by atoms with van der Waals surface area (Å²) in [5.41, 5.74) is -0.703. The number of nitrogens with zero attached hydrogens (tertiary/aromatic N) is 1. The van der Waals surface area contributed by atoms with Crippen LogP contribution >= 0.6 is 11.6 Å². The predicted molar refractivity (Wildman–Crippen MR) is 57.6 cm³/mol. The highest BCUT2D eigenvalue weighted by Crippen LogP contribution is 2.50. The Bertz CT molecular complexity index is 298. The minimum Gasteiger partial charge on any atom is -0.342 e. The van der Waals surface area contributed by atoms with Crippen molar-refractivity contribution in [1.29, 1.82) is 0 Å². The van der Waals surface area contributed by atoms with Crippen LogP contribution in [-0.4, -0.2) is 35.9 Å². The number of amides is 1. The number of carbonyl (C=O) groups excluding carboxylic acids is 1. The Morgan fingerprint density at radius 3 is 2.60 bits per heavy atom. The van der Waals surface area contributed by atoms with E-state index in [2.05, 4.69) is 6.92 Å². The largest absolute Gasteiger partial charge is 0.342 e. The molecule has 1 saturated heterocycles. The Kier molecular flexibility index (Phi) is 2.49. The highest BCUT2D eigenvalue weighted by Gasteiger charge is 2.59. The van der Waals surface area contributed by atoms with Gasteiger partial charge in [0.25, 0.3) is 0 Å². The van der Waals surface area contributed by atoms with Gasteiger partial charge in [0.1, 0.15) is 6.17 Å². The van der Waals surface area contributed by atoms with Gasteiger partial charge in [0.05, 0.1) is 5.41 Å². The molecule has 1 saturated carbocycles. The van der Waals surface area contributed by atoms with Gasteiger partial charge in [-0.05, 0) is 19.8 Å². The van der Waals surface area contributed by atoms with Crippen LogP contribution in [0.25, 0.3) is 0 Å². The molecular weight excluding hydrogens is 217 g/mol. The molecule has 4 heteroatoms. The van der Waals surface area contributed by atoms with Crippen molar-refractivity contribution in [3.63, 3.8) is 0 Å². The van der Waals surface area contributed by atoms with E-state index in [1.54, 1.807) is 11.8 Å². The monoisotopic (exact) mass is 233 g/mol. The highest BCUT2D eigenvalue weighted by molar-refractivity contribution is 6.18. The Morgan fingerprint density at radius 1 is 1.60 bits per heavy atom. The number of rotatable bonds is 2. The zero-order valence-electron chi connectivity index (χ0n) is 9.22. The van der Waals surface area contributed by atoms with Gasteiger partial charge in [0, 0.05) is 24.4 Å². The molecule has 0 aromatic rings. The van der Waals surface area contributed by atoms with Crippen molar-refractivity contribution in [2.45, 2.75) is 32.9 Å². The van der Waals surface area contributed by atoms with Crippen LogP contribution in [-0.2, 0) is 4.79 Å². The Labute approximate surface area is 94.8 Å². The van der Waals surface area contributed by atoms with E-state index in [1.165, 1.54) is 0 Å². The average molecular weight is 234 g/mol. The Morgan fingerprint density at radius 2 is 2.20 bits per heavy atom. The van der Waals surface area contributed by atoms with Crippen molar-refractivity contribution in [3.8, 4) is 0 Å². The van der Waals surface area contributed by atoms with Crippen LogP contribution in [0.4, 0.5) is 4.39 Å². The fourth-order valence-electron chi connectivity index (χ4n) is 2.20. The van der Waals surface area contributed by atoms with Gasteiger partial charge in [0.15, 0.2) is 0 Å². The zero-order valence-corrected chi connectivity index (χ0v) is 9.98. The van der Waals surface area contributed by atoms with Gasteiger partial charge in [0.2, 0.25) is 5.91 Å². The molecule has 1 amide bonds. The van der Waals surface area contributed by atoms with E-state index in [4.69, 9.17) is 11.6 Å². The van der Waals surface area contributed by atoms with Crippen molar-refractivity contribution in [3.05, 3.63) is 0 Å². The SMILES string of the molecule is CC1(CCl)CCN(C(=O)C2(C)CC2F)C1. The minimum absolute atomic E-state index is 0.0221. The van der Waals surface area contributed by atoms with E-state index in [9.17, 15) is 9.18 Å². The van der Waals surface area contributed by atoms with Crippen molar-refractivity contribution in [2.24, 2.45) is 10.8 Å². The summed E-state index contributed by atoms with van der Waals surface area (Å²) in [6.07, 6.45) is 0.378. The molecule has 3 unspecified atom stereocenters. The highest BCUT2D eigenvalue weighted by atomic mass is 35.5. The maximum absolute atomic E-state index is 13.1. The van der Waals surface area contributed by atoms with Crippen LogP contribution in [0, 0.1) is 10.8 Å². The molecule has 0 N–H and O–H groups in total. The fraction of sp³-hybridized carbons (Fsp3) is 0.909. The van der Waals surface area contributed by atoms with Crippen molar-refractivity contribution < 1.29 is 9.18 Å². The molecule has 0 radical (unpaired) electrons. The smallest absolute Gasteiger partial charge is 0.231 e. The number of likely N-dealkylation sites (tertiary alicyclic amines) is 1. The van der Waals surface area contributed by atoms with Crippen LogP contribution in [0.2, 0.25) is 0 Å². The van der Waals surface area contributed by atoms with Gasteiger partial charge in [-0.1, -0.05) is 6.92 Å². The molecule has 2 aliphatic rings. The van der Waals surface area contributed by atoms with Crippen molar-refractivity contribution in [2.75, 3.05) is 19.0 Å². The molecule has 0 spiro atoms. The normalized spacial score (nSPS) is 44.5. The van der Waals surface area contributed by atoms with Crippen LogP contribution < -0.4 is 0 Å². The summed E-state index contributed by atoms with van der Waals surface area (Å²) in [7, 11) is 0. The van der Waals surface area contributed by atoms with Gasteiger partial charge < -0.3 is 4.90 Å². The second kappa shape index (κ2) is 3.34. The third-order valence-electron chi connectivity index (χ3n) is 3.79. The minimum atomic E-state index is -0.937. The average Bonchev–Trinajstić information content (AvgIpc) is 2.63. The van der Waals surface area contributed by atoms with E-state index >= 15 is 0 Å². The van der Waals surface area contributed by atoms with E-state index in [0.717, 1.165) is 13.0 Å². The van der Waals surface area contributed by atoms with Gasteiger partial charge in [-0.2, -0.15) is 0 Å². The van der Waals surface area contributed by atoms with E-state index in [0.29, 0.717) is 18.8 Å². The van der Waals surface area contributed by atoms with E-state index in [1.807, 2.05) is 0 Å². The summed E-state index contributed by atoms with van der Waals surface area (Å²) in [5, 5.41) is 0. The lowest BCUT2D eigenvalue weighted by atomic mass is 9.93. The molecule has 1 aliphatic carbocycles. The molecular formula is C11H17ClFNO. The van der Waals surface area contributed by atoms with Gasteiger partial charge in [-0.25, -0.2) is 4.39 Å². The first kappa shape index (κ1) is 11.2. The van der Waals surface area contributed by atoms with Crippen LogP contribution in [0.5, 0.6) is 0 Å². The molecule has 1 heterocycles. The predicted octanol–water partition coefficient (Wildman–Crippen LogP) is 2.21. The lowest BCUT2D eigenvalue weighted by Crippen LogP contribution is -2.37. The quantitative estimate of drug-likeness (QED) is 0.670. The number of carbonyl (C=O) groups is 1. The third-order valence-corrected chi connectivity index (χ3v) is 4.44. The molecule has 2 rings (SSSR count). The maximum Gasteiger partial charge on any atom is 0.231 e. The zero-order chi connectivity index (χ0) is 11.3. The number of hydrogen-bond acceptors (Lipinski definition) is 1. The van der Waals surface area contributed by atoms with Crippen LogP contribution in [0.15, 0.2) is 0 Å². The summed E-state index contributed by atoms with van der Waals surface area (Å²) in [6, 6.07) is 0. The molecule has 0 aromatic heterocycles. The Hall–Kier alpha value is -0.310. The van der Waals surface area contributed by atoms with Crippen LogP contribution in [0.3, 0.4) is 0 Å². The third kappa shape index (κ3) is 1.75. The molecule has 86 valence electrons. The van der Waals surface area contributed by atoms with E-state index in [-0.39, 0.29) is 11.3 Å². The number of halogens is 2. The molecule has 3 atom stereocenters. The van der Waals surface area contributed by atoms with Gasteiger partial charge in [-0.3, -0.25) is 4.79 Å². The topological polar surface area (TPSA) is 20.3 Å². The molecule has 2 nitrogen and oxygen atoms in total. The first-order valence-corrected chi connectivity index (χ1v) is 5.94. The Balaban J connectivity index is 2.00. The standard InChI is InChI=1S/C11H17ClFNO/c1-10(6-12)3-4-14(7-10)9(15)11(2)5-8(11)13/h8H,3-7H2,1-2H3. The second-order valence-electron chi connectivity index (χ2n) is 5.51. The number of hydrogen-bond donors (Lipinski definition) is 0. The summed E-state index contributed by atoms with van der Waals surface area (Å²) in [6.45, 7) is 5.20. The number of alkyl halides is 2. The summed E-state index contributed by atoms with van der Waals surface area (Å²) >= 11 is 5.87. The van der Waals surface area contributed by atoms with Gasteiger partial charge in [-0.15, -0.1) is 11.6 Å². The lowest BCUT2D eigenvalue weighted by Gasteiger charge is -2.24. The molecule has 2 fully saturated rings. The first-order chi connectivity index (χ1) is 6.91. The summed E-state index contributed by atoms with van der Waals surface area (Å²) < 4.78 is 13.1. The van der Waals surface area contributed by atoms with E-state index < -0.39 is 11.6 Å². The fourth-order valence-corrected chi connectivity index (χ4v) is 2.42. The lowest BCUT2D eigenvalue weighted by molar-refractivity contribution is -0.136. The van der Waals surface area contributed by atoms with Gasteiger partial charge >= 0.3 is 0 Å². The van der Waals surface area contributed by atoms with Crippen molar-refractivity contribution in [1.82, 2.24) is 4.90 Å².